The van der Waals surface area contributed by atoms with Gasteiger partial charge in [0.05, 0.1) is 11.2 Å². The van der Waals surface area contributed by atoms with Crippen molar-refractivity contribution in [1.82, 2.24) is 0 Å². The Balaban J connectivity index is 1.78. The van der Waals surface area contributed by atoms with E-state index in [1.807, 2.05) is 0 Å². The first-order valence-electron chi connectivity index (χ1n) is 4.49. The topological polar surface area (TPSA) is 26.3 Å². The highest BCUT2D eigenvalue weighted by Crippen LogP contribution is 2.55. The van der Waals surface area contributed by atoms with Gasteiger partial charge in [0.2, 0.25) is 0 Å². The van der Waals surface area contributed by atoms with Crippen molar-refractivity contribution in [2.24, 2.45) is 5.41 Å². The van der Waals surface area contributed by atoms with Crippen LogP contribution in [0.2, 0.25) is 0 Å². The fourth-order valence-corrected chi connectivity index (χ4v) is 2.42. The zero-order chi connectivity index (χ0) is 9.31. The van der Waals surface area contributed by atoms with Crippen LogP contribution in [0.4, 0.5) is 0 Å². The molecule has 0 aromatic heterocycles. The van der Waals surface area contributed by atoms with E-state index in [4.69, 9.17) is 11.2 Å². The molecule has 0 bridgehead atoms. The van der Waals surface area contributed by atoms with Crippen LogP contribution in [0.1, 0.15) is 19.3 Å². The molecule has 1 atom stereocenters. The quantitative estimate of drug-likeness (QED) is 0.388. The Bertz CT molecular complexity index is 263. The first-order valence-corrected chi connectivity index (χ1v) is 5.65. The van der Waals surface area contributed by atoms with Gasteiger partial charge in [0.1, 0.15) is 6.10 Å². The molecule has 70 valence electrons. The van der Waals surface area contributed by atoms with Crippen molar-refractivity contribution in [3.05, 3.63) is 0 Å². The Kier molecular flexibility index (Phi) is 2.25. The van der Waals surface area contributed by atoms with Crippen molar-refractivity contribution in [2.75, 3.05) is 11.5 Å². The lowest BCUT2D eigenvalue weighted by atomic mass is 10.0. The van der Waals surface area contributed by atoms with Crippen LogP contribution in [-0.2, 0) is 9.53 Å². The van der Waals surface area contributed by atoms with Gasteiger partial charge in [-0.1, -0.05) is 5.92 Å². The van der Waals surface area contributed by atoms with Crippen molar-refractivity contribution in [2.45, 2.75) is 25.4 Å². The molecule has 1 aliphatic carbocycles. The van der Waals surface area contributed by atoms with Crippen LogP contribution in [0.25, 0.3) is 0 Å². The standard InChI is InChI=1S/C10H12O2S/c1-2-5-13-7-8-6-10(3-4-10)9(11)12-8/h1,8H,3-7H2. The molecule has 1 aliphatic heterocycles. The van der Waals surface area contributed by atoms with Crippen LogP contribution in [0.5, 0.6) is 0 Å². The molecule has 1 heterocycles. The van der Waals surface area contributed by atoms with Crippen LogP contribution in [-0.4, -0.2) is 23.6 Å². The molecule has 3 heteroatoms. The highest BCUT2D eigenvalue weighted by atomic mass is 32.2. The molecule has 2 rings (SSSR count). The lowest BCUT2D eigenvalue weighted by Crippen LogP contribution is -2.09. The van der Waals surface area contributed by atoms with E-state index in [9.17, 15) is 4.79 Å². The van der Waals surface area contributed by atoms with E-state index < -0.39 is 0 Å². The molecule has 2 nitrogen and oxygen atoms in total. The summed E-state index contributed by atoms with van der Waals surface area (Å²) in [5.41, 5.74) is -0.0542. The summed E-state index contributed by atoms with van der Waals surface area (Å²) in [5, 5.41) is 0. The molecule has 1 unspecified atom stereocenters. The molecule has 0 aromatic carbocycles. The van der Waals surface area contributed by atoms with Gasteiger partial charge in [-0.3, -0.25) is 4.79 Å². The average molecular weight is 196 g/mol. The van der Waals surface area contributed by atoms with Gasteiger partial charge in [-0.15, -0.1) is 18.2 Å². The second-order valence-electron chi connectivity index (χ2n) is 3.73. The molecule has 13 heavy (non-hydrogen) atoms. The number of carbonyl (C=O) groups is 1. The van der Waals surface area contributed by atoms with Gasteiger partial charge in [-0.25, -0.2) is 0 Å². The number of cyclic esters (lactones) is 1. The highest BCUT2D eigenvalue weighted by Gasteiger charge is 2.57. The predicted octanol–water partition coefficient (Wildman–Crippen LogP) is 1.45. The lowest BCUT2D eigenvalue weighted by Gasteiger charge is -2.05. The summed E-state index contributed by atoms with van der Waals surface area (Å²) in [6, 6.07) is 0. The minimum absolute atomic E-state index is 0.0267. The number of thioether (sulfide) groups is 1. The summed E-state index contributed by atoms with van der Waals surface area (Å²) in [7, 11) is 0. The Morgan fingerprint density at radius 3 is 3.00 bits per heavy atom. The Hall–Kier alpha value is -0.620. The minimum atomic E-state index is -0.0542. The van der Waals surface area contributed by atoms with E-state index in [0.717, 1.165) is 25.0 Å². The summed E-state index contributed by atoms with van der Waals surface area (Å²) in [5.74, 6) is 4.16. The number of rotatable bonds is 3. The number of esters is 1. The molecular formula is C10H12O2S. The maximum atomic E-state index is 11.3. The van der Waals surface area contributed by atoms with Gasteiger partial charge in [0.25, 0.3) is 0 Å². The maximum Gasteiger partial charge on any atom is 0.312 e. The van der Waals surface area contributed by atoms with E-state index in [1.165, 1.54) is 0 Å². The monoisotopic (exact) mass is 196 g/mol. The molecule has 0 aromatic rings. The van der Waals surface area contributed by atoms with Crippen molar-refractivity contribution in [3.63, 3.8) is 0 Å². The molecule has 1 spiro atoms. The van der Waals surface area contributed by atoms with Gasteiger partial charge < -0.3 is 4.74 Å². The smallest absolute Gasteiger partial charge is 0.312 e. The highest BCUT2D eigenvalue weighted by molar-refractivity contribution is 7.99. The van der Waals surface area contributed by atoms with Crippen LogP contribution >= 0.6 is 11.8 Å². The van der Waals surface area contributed by atoms with Gasteiger partial charge in [-0.05, 0) is 12.8 Å². The second kappa shape index (κ2) is 3.26. The number of hydrogen-bond acceptors (Lipinski definition) is 3. The van der Waals surface area contributed by atoms with Gasteiger partial charge in [-0.2, -0.15) is 0 Å². The first-order chi connectivity index (χ1) is 6.27. The predicted molar refractivity (Wildman–Crippen MR) is 52.3 cm³/mol. The van der Waals surface area contributed by atoms with E-state index in [0.29, 0.717) is 5.75 Å². The zero-order valence-corrected chi connectivity index (χ0v) is 8.23. The first kappa shape index (κ1) is 8.96. The fraction of sp³-hybridized carbons (Fsp3) is 0.700. The van der Waals surface area contributed by atoms with E-state index in [-0.39, 0.29) is 17.5 Å². The third kappa shape index (κ3) is 1.68. The zero-order valence-electron chi connectivity index (χ0n) is 7.41. The lowest BCUT2D eigenvalue weighted by molar-refractivity contribution is -0.144. The summed E-state index contributed by atoms with van der Waals surface area (Å²) in [6.45, 7) is 0. The van der Waals surface area contributed by atoms with Crippen molar-refractivity contribution < 1.29 is 9.53 Å². The molecule has 2 aliphatic rings. The van der Waals surface area contributed by atoms with Gasteiger partial charge >= 0.3 is 5.97 Å². The van der Waals surface area contributed by atoms with Crippen LogP contribution < -0.4 is 0 Å². The van der Waals surface area contributed by atoms with E-state index >= 15 is 0 Å². The molecule has 0 amide bonds. The normalized spacial score (nSPS) is 28.5. The largest absolute Gasteiger partial charge is 0.461 e. The third-order valence-electron chi connectivity index (χ3n) is 2.67. The molecule has 1 saturated heterocycles. The minimum Gasteiger partial charge on any atom is -0.461 e. The summed E-state index contributed by atoms with van der Waals surface area (Å²) >= 11 is 1.67. The average Bonchev–Trinajstić information content (AvgIpc) is 2.79. The van der Waals surface area contributed by atoms with Crippen LogP contribution in [0.15, 0.2) is 0 Å². The van der Waals surface area contributed by atoms with Crippen molar-refractivity contribution >= 4 is 17.7 Å². The SMILES string of the molecule is C#CCSCC1CC2(CC2)C(=O)O1. The second-order valence-corrected chi connectivity index (χ2v) is 4.76. The Morgan fingerprint density at radius 1 is 1.69 bits per heavy atom. The molecule has 1 saturated carbocycles. The summed E-state index contributed by atoms with van der Waals surface area (Å²) in [4.78, 5) is 11.3. The maximum absolute atomic E-state index is 11.3. The summed E-state index contributed by atoms with van der Waals surface area (Å²) in [6.07, 6.45) is 8.23. The van der Waals surface area contributed by atoms with Crippen LogP contribution in [0.3, 0.4) is 0 Å². The van der Waals surface area contributed by atoms with E-state index in [1.54, 1.807) is 11.8 Å². The third-order valence-corrected chi connectivity index (χ3v) is 3.65. The molecule has 0 radical (unpaired) electrons. The summed E-state index contributed by atoms with van der Waals surface area (Å²) < 4.78 is 5.26. The number of terminal acetylenes is 1. The van der Waals surface area contributed by atoms with E-state index in [2.05, 4.69) is 5.92 Å². The number of ether oxygens (including phenoxy) is 1. The number of hydrogen-bond donors (Lipinski definition) is 0. The van der Waals surface area contributed by atoms with Crippen molar-refractivity contribution in [3.8, 4) is 12.3 Å². The van der Waals surface area contributed by atoms with Crippen molar-refractivity contribution in [1.29, 1.82) is 0 Å². The molecular weight excluding hydrogens is 184 g/mol. The van der Waals surface area contributed by atoms with Crippen LogP contribution in [0, 0.1) is 17.8 Å². The molecule has 2 fully saturated rings. The Labute approximate surface area is 82.4 Å². The Morgan fingerprint density at radius 2 is 2.46 bits per heavy atom. The molecule has 0 N–H and O–H groups in total. The fourth-order valence-electron chi connectivity index (χ4n) is 1.74. The number of carbonyl (C=O) groups excluding carboxylic acids is 1. The van der Waals surface area contributed by atoms with Gasteiger partial charge in [0, 0.05) is 12.2 Å². The van der Waals surface area contributed by atoms with Gasteiger partial charge in [0.15, 0.2) is 0 Å².